The van der Waals surface area contributed by atoms with Crippen molar-refractivity contribution in [2.75, 3.05) is 26.2 Å². The predicted molar refractivity (Wildman–Crippen MR) is 59.6 cm³/mol. The number of hydrogen-bond acceptors (Lipinski definition) is 3. The van der Waals surface area contributed by atoms with Gasteiger partial charge in [-0.3, -0.25) is 0 Å². The molecule has 0 spiro atoms. The molecule has 0 heterocycles. The number of nitrogens with zero attached hydrogens (tertiary/aromatic N) is 1. The minimum absolute atomic E-state index is 0.184. The number of halogens is 9. The molecule has 0 fully saturated rings. The third kappa shape index (κ3) is 4.21. The molecule has 0 saturated carbocycles. The number of hydrogen-bond donors (Lipinski definition) is 0. The average molecular weight is 363 g/mol. The molecule has 0 aromatic rings. The van der Waals surface area contributed by atoms with Gasteiger partial charge < -0.3 is 9.64 Å². The van der Waals surface area contributed by atoms with Crippen LogP contribution in [0.2, 0.25) is 0 Å². The van der Waals surface area contributed by atoms with E-state index in [1.807, 2.05) is 0 Å². The topological polar surface area (TPSA) is 29.5 Å². The molecule has 138 valence electrons. The van der Waals surface area contributed by atoms with Crippen molar-refractivity contribution in [3.05, 3.63) is 0 Å². The first-order valence-electron chi connectivity index (χ1n) is 6.26. The van der Waals surface area contributed by atoms with E-state index in [0.29, 0.717) is 13.1 Å². The Morgan fingerprint density at radius 1 is 0.870 bits per heavy atom. The van der Waals surface area contributed by atoms with Crippen molar-refractivity contribution < 1.29 is 49.0 Å². The second-order valence-corrected chi connectivity index (χ2v) is 4.38. The Bertz CT molecular complexity index is 405. The second kappa shape index (κ2) is 7.14. The van der Waals surface area contributed by atoms with Crippen LogP contribution in [0, 0.1) is 0 Å². The van der Waals surface area contributed by atoms with Crippen LogP contribution in [0.15, 0.2) is 0 Å². The summed E-state index contributed by atoms with van der Waals surface area (Å²) in [5, 5.41) is 0. The summed E-state index contributed by atoms with van der Waals surface area (Å²) in [6, 6.07) is 0. The van der Waals surface area contributed by atoms with E-state index in [9.17, 15) is 44.3 Å². The molecule has 0 bridgehead atoms. The number of carbonyl (C=O) groups excluding carboxylic acids is 1. The first kappa shape index (κ1) is 21.8. The van der Waals surface area contributed by atoms with Crippen molar-refractivity contribution in [2.24, 2.45) is 0 Å². The van der Waals surface area contributed by atoms with Gasteiger partial charge in [-0.1, -0.05) is 13.8 Å². The SMILES string of the molecule is CCN(CC)CCOC(=O)C(F)(F)C(F)(F)C(F)(F)C(F)(F)F. The maximum atomic E-state index is 13.1. The molecule has 0 unspecified atom stereocenters. The summed E-state index contributed by atoms with van der Waals surface area (Å²) >= 11 is 0. The van der Waals surface area contributed by atoms with Crippen LogP contribution in [0.4, 0.5) is 39.5 Å². The molecule has 0 aromatic carbocycles. The van der Waals surface area contributed by atoms with Crippen LogP contribution in [0.1, 0.15) is 13.8 Å². The molecule has 0 N–H and O–H groups in total. The Morgan fingerprint density at radius 2 is 1.30 bits per heavy atom. The number of ether oxygens (including phenoxy) is 1. The van der Waals surface area contributed by atoms with Crippen molar-refractivity contribution in [2.45, 2.75) is 37.8 Å². The summed E-state index contributed by atoms with van der Waals surface area (Å²) in [6.07, 6.45) is -6.97. The summed E-state index contributed by atoms with van der Waals surface area (Å²) in [7, 11) is 0. The van der Waals surface area contributed by atoms with Crippen LogP contribution < -0.4 is 0 Å². The largest absolute Gasteiger partial charge is 0.460 e. The van der Waals surface area contributed by atoms with Crippen molar-refractivity contribution in [3.63, 3.8) is 0 Å². The van der Waals surface area contributed by atoms with Crippen LogP contribution in [0.5, 0.6) is 0 Å². The fourth-order valence-electron chi connectivity index (χ4n) is 1.40. The van der Waals surface area contributed by atoms with E-state index in [1.165, 1.54) is 4.90 Å². The highest BCUT2D eigenvalue weighted by atomic mass is 19.4. The van der Waals surface area contributed by atoms with Gasteiger partial charge in [-0.05, 0) is 13.1 Å². The highest BCUT2D eigenvalue weighted by Crippen LogP contribution is 2.53. The molecule has 12 heteroatoms. The standard InChI is InChI=1S/C11H14F9NO2/c1-3-21(4-2)5-6-23-7(22)8(12,13)9(14,15)10(16,17)11(18,19)20/h3-6H2,1-2H3. The number of likely N-dealkylation sites (N-methyl/N-ethyl adjacent to an activating group) is 1. The Balaban J connectivity index is 5.12. The third-order valence-corrected chi connectivity index (χ3v) is 2.94. The predicted octanol–water partition coefficient (Wildman–Crippen LogP) is 3.34. The lowest BCUT2D eigenvalue weighted by Gasteiger charge is -2.32. The molecular weight excluding hydrogens is 349 g/mol. The van der Waals surface area contributed by atoms with Crippen LogP contribution in [-0.4, -0.2) is 61.1 Å². The van der Waals surface area contributed by atoms with Crippen LogP contribution in [-0.2, 0) is 9.53 Å². The van der Waals surface area contributed by atoms with E-state index < -0.39 is 36.5 Å². The van der Waals surface area contributed by atoms with Crippen molar-refractivity contribution >= 4 is 5.97 Å². The van der Waals surface area contributed by atoms with Crippen LogP contribution in [0.25, 0.3) is 0 Å². The number of alkyl halides is 9. The Labute approximate surface area is 125 Å². The molecule has 0 radical (unpaired) electrons. The van der Waals surface area contributed by atoms with Crippen LogP contribution in [0.3, 0.4) is 0 Å². The van der Waals surface area contributed by atoms with E-state index in [2.05, 4.69) is 4.74 Å². The molecule has 0 atom stereocenters. The van der Waals surface area contributed by atoms with E-state index >= 15 is 0 Å². The van der Waals surface area contributed by atoms with E-state index in [1.54, 1.807) is 13.8 Å². The molecule has 0 rings (SSSR count). The van der Waals surface area contributed by atoms with Gasteiger partial charge in [-0.2, -0.15) is 39.5 Å². The molecule has 0 saturated heterocycles. The van der Waals surface area contributed by atoms with Gasteiger partial charge in [-0.25, -0.2) is 4.79 Å². The molecular formula is C11H14F9NO2. The summed E-state index contributed by atoms with van der Waals surface area (Å²) in [5.41, 5.74) is 0. The van der Waals surface area contributed by atoms with Gasteiger partial charge in [0.2, 0.25) is 0 Å². The van der Waals surface area contributed by atoms with Gasteiger partial charge in [0, 0.05) is 6.54 Å². The molecule has 0 aliphatic heterocycles. The number of carbonyl (C=O) groups is 1. The summed E-state index contributed by atoms with van der Waals surface area (Å²) < 4.78 is 116. The van der Waals surface area contributed by atoms with Gasteiger partial charge in [0.1, 0.15) is 6.61 Å². The summed E-state index contributed by atoms with van der Waals surface area (Å²) in [5.74, 6) is -23.6. The zero-order valence-corrected chi connectivity index (χ0v) is 12.0. The lowest BCUT2D eigenvalue weighted by atomic mass is 10.0. The fraction of sp³-hybridized carbons (Fsp3) is 0.909. The van der Waals surface area contributed by atoms with E-state index in [0.717, 1.165) is 0 Å². The second-order valence-electron chi connectivity index (χ2n) is 4.38. The monoisotopic (exact) mass is 363 g/mol. The van der Waals surface area contributed by atoms with Gasteiger partial charge >= 0.3 is 29.9 Å². The smallest absolute Gasteiger partial charge is 0.460 e. The third-order valence-electron chi connectivity index (χ3n) is 2.94. The minimum atomic E-state index is -7.11. The van der Waals surface area contributed by atoms with Gasteiger partial charge in [0.25, 0.3) is 0 Å². The summed E-state index contributed by atoms with van der Waals surface area (Å²) in [4.78, 5) is 12.4. The number of esters is 1. The van der Waals surface area contributed by atoms with Crippen LogP contribution >= 0.6 is 0 Å². The lowest BCUT2D eigenvalue weighted by molar-refractivity contribution is -0.390. The lowest BCUT2D eigenvalue weighted by Crippen LogP contribution is -2.63. The molecule has 0 aliphatic carbocycles. The summed E-state index contributed by atoms with van der Waals surface area (Å²) in [6.45, 7) is 2.98. The Morgan fingerprint density at radius 3 is 1.65 bits per heavy atom. The quantitative estimate of drug-likeness (QED) is 0.489. The maximum Gasteiger partial charge on any atom is 0.460 e. The highest BCUT2D eigenvalue weighted by molar-refractivity contribution is 5.79. The highest BCUT2D eigenvalue weighted by Gasteiger charge is 2.84. The zero-order valence-electron chi connectivity index (χ0n) is 12.0. The normalized spacial score (nSPS) is 14.3. The Hall–Kier alpha value is -1.20. The molecule has 0 amide bonds. The minimum Gasteiger partial charge on any atom is -0.460 e. The molecule has 3 nitrogen and oxygen atoms in total. The maximum absolute atomic E-state index is 13.1. The Kier molecular flexibility index (Phi) is 6.77. The molecule has 0 aromatic heterocycles. The zero-order chi connectivity index (χ0) is 18.7. The number of rotatable bonds is 8. The average Bonchev–Trinajstić information content (AvgIpc) is 2.41. The fourth-order valence-corrected chi connectivity index (χ4v) is 1.40. The van der Waals surface area contributed by atoms with Gasteiger partial charge in [0.05, 0.1) is 0 Å². The first-order valence-corrected chi connectivity index (χ1v) is 6.26. The van der Waals surface area contributed by atoms with Crippen molar-refractivity contribution in [3.8, 4) is 0 Å². The van der Waals surface area contributed by atoms with Crippen molar-refractivity contribution in [1.29, 1.82) is 0 Å². The molecule has 23 heavy (non-hydrogen) atoms. The molecule has 0 aliphatic rings. The van der Waals surface area contributed by atoms with Crippen molar-refractivity contribution in [1.82, 2.24) is 4.90 Å². The van der Waals surface area contributed by atoms with E-state index in [4.69, 9.17) is 0 Å². The van der Waals surface area contributed by atoms with Gasteiger partial charge in [-0.15, -0.1) is 0 Å². The van der Waals surface area contributed by atoms with E-state index in [-0.39, 0.29) is 6.54 Å². The van der Waals surface area contributed by atoms with Gasteiger partial charge in [0.15, 0.2) is 0 Å². The first-order chi connectivity index (χ1) is 10.2.